The topological polar surface area (TPSA) is 70.0 Å². The first-order valence-corrected chi connectivity index (χ1v) is 11.8. The standard InChI is InChI=1S/C27H17ClF3N3O3/c28-19-11-10-16(12-18(19)27(29,30)31)33-25(36)20-21(26(33)37)23(24(35)14-6-2-1-3-7-14)34-22(20)17-9-5-4-8-15(17)13-32-34/h1-13,20-23H/t20-,21+,22-,23-/m0/s1. The van der Waals surface area contributed by atoms with Crippen LogP contribution in [-0.2, 0) is 15.8 Å². The summed E-state index contributed by atoms with van der Waals surface area (Å²) in [6, 6.07) is 16.6. The molecular weight excluding hydrogens is 507 g/mol. The average Bonchev–Trinajstić information content (AvgIpc) is 3.36. The number of carbonyl (C=O) groups excluding carboxylic acids is 3. The molecule has 2 amide bonds. The van der Waals surface area contributed by atoms with Gasteiger partial charge in [-0.25, -0.2) is 4.90 Å². The van der Waals surface area contributed by atoms with Gasteiger partial charge in [-0.15, -0.1) is 0 Å². The SMILES string of the molecule is O=C(c1ccccc1)[C@@H]1[C@@H]2C(=O)N(c3ccc(Cl)c(C(F)(F)F)c3)C(=O)[C@@H]2[C@@H]2c3ccccc3C=NN12. The van der Waals surface area contributed by atoms with Gasteiger partial charge in [-0.3, -0.25) is 19.4 Å². The number of fused-ring (bicyclic) bond motifs is 5. The van der Waals surface area contributed by atoms with Crippen LogP contribution in [0.5, 0.6) is 0 Å². The van der Waals surface area contributed by atoms with Crippen molar-refractivity contribution >= 4 is 41.1 Å². The molecule has 37 heavy (non-hydrogen) atoms. The van der Waals surface area contributed by atoms with E-state index in [0.29, 0.717) is 17.2 Å². The Bertz CT molecular complexity index is 1490. The maximum atomic E-state index is 13.8. The highest BCUT2D eigenvalue weighted by molar-refractivity contribution is 6.32. The molecule has 3 aromatic rings. The largest absolute Gasteiger partial charge is 0.417 e. The summed E-state index contributed by atoms with van der Waals surface area (Å²) >= 11 is 5.76. The van der Waals surface area contributed by atoms with E-state index in [2.05, 4.69) is 5.10 Å². The van der Waals surface area contributed by atoms with Crippen molar-refractivity contribution in [2.45, 2.75) is 18.3 Å². The number of Topliss-reactive ketones (excluding diaryl/α,β-unsaturated/α-hetero) is 1. The molecule has 0 aliphatic carbocycles. The molecule has 0 radical (unpaired) electrons. The Labute approximate surface area is 213 Å². The Hall–Kier alpha value is -3.98. The van der Waals surface area contributed by atoms with Crippen LogP contribution in [0.3, 0.4) is 0 Å². The van der Waals surface area contributed by atoms with Crippen LogP contribution in [0.2, 0.25) is 5.02 Å². The molecule has 186 valence electrons. The molecule has 3 aliphatic rings. The molecule has 0 aromatic heterocycles. The summed E-state index contributed by atoms with van der Waals surface area (Å²) in [4.78, 5) is 42.1. The second-order valence-electron chi connectivity index (χ2n) is 9.10. The number of benzene rings is 3. The van der Waals surface area contributed by atoms with Crippen molar-refractivity contribution in [3.05, 3.63) is 100 Å². The van der Waals surface area contributed by atoms with Crippen molar-refractivity contribution in [1.82, 2.24) is 5.01 Å². The fraction of sp³-hybridized carbons (Fsp3) is 0.185. The van der Waals surface area contributed by atoms with E-state index in [0.717, 1.165) is 16.5 Å². The molecule has 3 aliphatic heterocycles. The van der Waals surface area contributed by atoms with E-state index < -0.39 is 58.3 Å². The molecule has 4 atom stereocenters. The first-order valence-electron chi connectivity index (χ1n) is 11.4. The summed E-state index contributed by atoms with van der Waals surface area (Å²) in [6.45, 7) is 0. The number of hydrogen-bond acceptors (Lipinski definition) is 5. The van der Waals surface area contributed by atoms with E-state index in [4.69, 9.17) is 11.6 Å². The third kappa shape index (κ3) is 3.48. The van der Waals surface area contributed by atoms with Gasteiger partial charge in [0.1, 0.15) is 6.04 Å². The first kappa shape index (κ1) is 23.4. The molecule has 3 heterocycles. The van der Waals surface area contributed by atoms with E-state index >= 15 is 0 Å². The number of imide groups is 1. The van der Waals surface area contributed by atoms with Crippen LogP contribution < -0.4 is 4.90 Å². The highest BCUT2D eigenvalue weighted by Crippen LogP contribution is 2.53. The van der Waals surface area contributed by atoms with Gasteiger partial charge in [-0.2, -0.15) is 18.3 Å². The van der Waals surface area contributed by atoms with Crippen LogP contribution in [0.1, 0.15) is 33.1 Å². The van der Waals surface area contributed by atoms with Gasteiger partial charge < -0.3 is 0 Å². The highest BCUT2D eigenvalue weighted by atomic mass is 35.5. The van der Waals surface area contributed by atoms with E-state index in [1.165, 1.54) is 11.1 Å². The molecule has 0 spiro atoms. The zero-order valence-corrected chi connectivity index (χ0v) is 19.6. The maximum Gasteiger partial charge on any atom is 0.417 e. The van der Waals surface area contributed by atoms with Gasteiger partial charge in [0.25, 0.3) is 0 Å². The highest BCUT2D eigenvalue weighted by Gasteiger charge is 2.65. The Morgan fingerprint density at radius 2 is 1.57 bits per heavy atom. The zero-order valence-electron chi connectivity index (χ0n) is 18.9. The molecule has 0 bridgehead atoms. The smallest absolute Gasteiger partial charge is 0.292 e. The fourth-order valence-electron chi connectivity index (χ4n) is 5.57. The van der Waals surface area contributed by atoms with Crippen molar-refractivity contribution in [1.29, 1.82) is 0 Å². The lowest BCUT2D eigenvalue weighted by Gasteiger charge is -2.33. The first-order chi connectivity index (χ1) is 17.7. The predicted octanol–water partition coefficient (Wildman–Crippen LogP) is 5.12. The van der Waals surface area contributed by atoms with Crippen molar-refractivity contribution in [2.24, 2.45) is 16.9 Å². The Morgan fingerprint density at radius 3 is 2.30 bits per heavy atom. The molecule has 6 nitrogen and oxygen atoms in total. The minimum absolute atomic E-state index is 0.244. The number of alkyl halides is 3. The van der Waals surface area contributed by atoms with Crippen LogP contribution in [0.15, 0.2) is 77.9 Å². The molecule has 2 fully saturated rings. The summed E-state index contributed by atoms with van der Waals surface area (Å²) in [7, 11) is 0. The summed E-state index contributed by atoms with van der Waals surface area (Å²) in [5, 5.41) is 5.42. The number of hydrazone groups is 1. The number of anilines is 1. The second-order valence-corrected chi connectivity index (χ2v) is 9.51. The lowest BCUT2D eigenvalue weighted by Crippen LogP contribution is -2.44. The van der Waals surface area contributed by atoms with E-state index in [1.807, 2.05) is 6.07 Å². The van der Waals surface area contributed by atoms with E-state index in [9.17, 15) is 27.6 Å². The van der Waals surface area contributed by atoms with Gasteiger partial charge in [0.15, 0.2) is 5.78 Å². The number of nitrogens with zero attached hydrogens (tertiary/aromatic N) is 3. The van der Waals surface area contributed by atoms with Gasteiger partial charge in [0.05, 0.1) is 40.4 Å². The number of ketones is 1. The van der Waals surface area contributed by atoms with E-state index in [1.54, 1.807) is 54.7 Å². The Morgan fingerprint density at radius 1 is 0.892 bits per heavy atom. The van der Waals surface area contributed by atoms with Crippen LogP contribution in [0.25, 0.3) is 0 Å². The lowest BCUT2D eigenvalue weighted by molar-refractivity contribution is -0.137. The number of rotatable bonds is 3. The molecule has 0 saturated carbocycles. The van der Waals surface area contributed by atoms with Gasteiger partial charge in [0.2, 0.25) is 11.8 Å². The summed E-state index contributed by atoms with van der Waals surface area (Å²) in [5.41, 5.74) is 0.387. The lowest BCUT2D eigenvalue weighted by atomic mass is 9.83. The van der Waals surface area contributed by atoms with Gasteiger partial charge in [-0.05, 0) is 29.3 Å². The molecule has 0 N–H and O–H groups in total. The zero-order chi connectivity index (χ0) is 26.1. The van der Waals surface area contributed by atoms with Crippen molar-refractivity contribution in [2.75, 3.05) is 4.90 Å². The molecule has 3 aromatic carbocycles. The van der Waals surface area contributed by atoms with Crippen LogP contribution in [0, 0.1) is 11.8 Å². The molecule has 6 rings (SSSR count). The molecule has 2 saturated heterocycles. The van der Waals surface area contributed by atoms with Gasteiger partial charge in [0, 0.05) is 5.56 Å². The normalized spacial score (nSPS) is 24.2. The fourth-order valence-corrected chi connectivity index (χ4v) is 5.79. The third-order valence-corrected chi connectivity index (χ3v) is 7.46. The monoisotopic (exact) mass is 523 g/mol. The van der Waals surface area contributed by atoms with Gasteiger partial charge >= 0.3 is 6.18 Å². The van der Waals surface area contributed by atoms with Crippen molar-refractivity contribution < 1.29 is 27.6 Å². The van der Waals surface area contributed by atoms with Crippen LogP contribution >= 0.6 is 11.6 Å². The minimum Gasteiger partial charge on any atom is -0.292 e. The predicted molar refractivity (Wildman–Crippen MR) is 129 cm³/mol. The Kier molecular flexibility index (Phi) is 5.24. The molecule has 10 heteroatoms. The minimum atomic E-state index is -4.78. The van der Waals surface area contributed by atoms with Gasteiger partial charge in [-0.1, -0.05) is 66.2 Å². The van der Waals surface area contributed by atoms with Crippen molar-refractivity contribution in [3.8, 4) is 0 Å². The maximum absolute atomic E-state index is 13.8. The van der Waals surface area contributed by atoms with Crippen LogP contribution in [-0.4, -0.2) is 34.9 Å². The summed E-state index contributed by atoms with van der Waals surface area (Å²) in [6.07, 6.45) is -3.20. The Balaban J connectivity index is 1.49. The number of halogens is 4. The quantitative estimate of drug-likeness (QED) is 0.353. The van der Waals surface area contributed by atoms with Crippen LogP contribution in [0.4, 0.5) is 18.9 Å². The summed E-state index contributed by atoms with van der Waals surface area (Å²) in [5.74, 6) is -3.99. The second kappa shape index (κ2) is 8.27. The molecular formula is C27H17ClF3N3O3. The molecule has 0 unspecified atom stereocenters. The number of carbonyl (C=O) groups is 3. The van der Waals surface area contributed by atoms with E-state index in [-0.39, 0.29) is 5.69 Å². The summed E-state index contributed by atoms with van der Waals surface area (Å²) < 4.78 is 40.6. The van der Waals surface area contributed by atoms with Crippen molar-refractivity contribution in [3.63, 3.8) is 0 Å². The number of amides is 2. The number of hydrogen-bond donors (Lipinski definition) is 0. The third-order valence-electron chi connectivity index (χ3n) is 7.13. The average molecular weight is 524 g/mol.